The molecule has 1 fully saturated rings. The molecule has 7 nitrogen and oxygen atoms in total. The van der Waals surface area contributed by atoms with Gasteiger partial charge in [0, 0.05) is 25.7 Å². The maximum absolute atomic E-state index is 12.6. The summed E-state index contributed by atoms with van der Waals surface area (Å²) in [5.41, 5.74) is 0.207. The normalized spacial score (nSPS) is 18.5. The van der Waals surface area contributed by atoms with Gasteiger partial charge < -0.3 is 15.0 Å². The number of nitrogens with two attached hydrogens (primary N) is 1. The number of primary sulfonamides is 1. The van der Waals surface area contributed by atoms with E-state index in [1.807, 2.05) is 6.92 Å². The SMILES string of the molecule is COc1ccc(S(N)(=O)=O)cc1C(=O)N1CCNC(C)C1.Cl. The highest BCUT2D eigenvalue weighted by Crippen LogP contribution is 2.24. The van der Waals surface area contributed by atoms with Gasteiger partial charge in [0.25, 0.3) is 5.91 Å². The standard InChI is InChI=1S/C13H19N3O4S.ClH/c1-9-8-16(6-5-15-9)13(17)11-7-10(21(14,18)19)3-4-12(11)20-2;/h3-4,7,9,15H,5-6,8H2,1-2H3,(H2,14,18,19);1H. The molecule has 1 aromatic carbocycles. The number of ether oxygens (including phenoxy) is 1. The molecule has 1 aliphatic rings. The average Bonchev–Trinajstić information content (AvgIpc) is 2.44. The van der Waals surface area contributed by atoms with Gasteiger partial charge in [-0.3, -0.25) is 4.79 Å². The topological polar surface area (TPSA) is 102 Å². The van der Waals surface area contributed by atoms with Gasteiger partial charge in [-0.25, -0.2) is 13.6 Å². The maximum Gasteiger partial charge on any atom is 0.257 e. The molecule has 0 radical (unpaired) electrons. The molecule has 0 aromatic heterocycles. The number of piperazine rings is 1. The zero-order chi connectivity index (χ0) is 15.6. The Balaban J connectivity index is 0.00000242. The van der Waals surface area contributed by atoms with Gasteiger partial charge in [0.2, 0.25) is 10.0 Å². The number of hydrogen-bond acceptors (Lipinski definition) is 5. The minimum Gasteiger partial charge on any atom is -0.496 e. The lowest BCUT2D eigenvalue weighted by Crippen LogP contribution is -2.51. The van der Waals surface area contributed by atoms with Crippen LogP contribution >= 0.6 is 12.4 Å². The van der Waals surface area contributed by atoms with Crippen LogP contribution in [0.25, 0.3) is 0 Å². The van der Waals surface area contributed by atoms with Gasteiger partial charge in [-0.2, -0.15) is 0 Å². The van der Waals surface area contributed by atoms with E-state index in [-0.39, 0.29) is 34.8 Å². The lowest BCUT2D eigenvalue weighted by atomic mass is 10.1. The molecule has 124 valence electrons. The molecule has 1 atom stereocenters. The molecule has 0 aliphatic carbocycles. The summed E-state index contributed by atoms with van der Waals surface area (Å²) in [6, 6.07) is 4.22. The van der Waals surface area contributed by atoms with E-state index in [4.69, 9.17) is 9.88 Å². The molecule has 0 bridgehead atoms. The Morgan fingerprint density at radius 1 is 1.45 bits per heavy atom. The number of sulfonamides is 1. The first-order chi connectivity index (χ1) is 9.82. The van der Waals surface area contributed by atoms with Gasteiger partial charge in [-0.05, 0) is 25.1 Å². The number of amides is 1. The third-order valence-corrected chi connectivity index (χ3v) is 4.30. The van der Waals surface area contributed by atoms with Crippen LogP contribution in [0.1, 0.15) is 17.3 Å². The Morgan fingerprint density at radius 2 is 2.14 bits per heavy atom. The van der Waals surface area contributed by atoms with E-state index in [0.29, 0.717) is 25.4 Å². The number of halogens is 1. The molecule has 22 heavy (non-hydrogen) atoms. The third-order valence-electron chi connectivity index (χ3n) is 3.39. The van der Waals surface area contributed by atoms with Gasteiger partial charge in [0.1, 0.15) is 5.75 Å². The van der Waals surface area contributed by atoms with Gasteiger partial charge >= 0.3 is 0 Å². The number of carbonyl (C=O) groups is 1. The van der Waals surface area contributed by atoms with Gasteiger partial charge in [-0.15, -0.1) is 12.4 Å². The highest BCUT2D eigenvalue weighted by atomic mass is 35.5. The summed E-state index contributed by atoms with van der Waals surface area (Å²) in [4.78, 5) is 14.2. The molecule has 9 heteroatoms. The summed E-state index contributed by atoms with van der Waals surface area (Å²) < 4.78 is 28.0. The van der Waals surface area contributed by atoms with Crippen molar-refractivity contribution >= 4 is 28.3 Å². The van der Waals surface area contributed by atoms with Crippen LogP contribution in [-0.2, 0) is 10.0 Å². The quantitative estimate of drug-likeness (QED) is 0.811. The monoisotopic (exact) mass is 349 g/mol. The van der Waals surface area contributed by atoms with E-state index in [1.165, 1.54) is 25.3 Å². The largest absolute Gasteiger partial charge is 0.496 e. The fourth-order valence-corrected chi connectivity index (χ4v) is 2.86. The minimum atomic E-state index is -3.86. The summed E-state index contributed by atoms with van der Waals surface area (Å²) in [7, 11) is -2.43. The van der Waals surface area contributed by atoms with Crippen molar-refractivity contribution in [3.8, 4) is 5.75 Å². The maximum atomic E-state index is 12.6. The Hall–Kier alpha value is -1.35. The number of hydrogen-bond donors (Lipinski definition) is 2. The Morgan fingerprint density at radius 3 is 2.68 bits per heavy atom. The zero-order valence-electron chi connectivity index (χ0n) is 12.4. The first-order valence-electron chi connectivity index (χ1n) is 6.56. The van der Waals surface area contributed by atoms with Crippen LogP contribution in [0.2, 0.25) is 0 Å². The Bertz CT molecular complexity index is 651. The molecule has 3 N–H and O–H groups in total. The lowest BCUT2D eigenvalue weighted by molar-refractivity contribution is 0.0705. The van der Waals surface area contributed by atoms with Crippen LogP contribution in [0.5, 0.6) is 5.75 Å². The highest BCUT2D eigenvalue weighted by molar-refractivity contribution is 7.89. The summed E-state index contributed by atoms with van der Waals surface area (Å²) >= 11 is 0. The van der Waals surface area contributed by atoms with Gasteiger partial charge in [0.05, 0.1) is 17.6 Å². The second-order valence-electron chi connectivity index (χ2n) is 5.01. The number of nitrogens with zero attached hydrogens (tertiary/aromatic N) is 1. The predicted molar refractivity (Wildman–Crippen MR) is 85.0 cm³/mol. The smallest absolute Gasteiger partial charge is 0.257 e. The zero-order valence-corrected chi connectivity index (χ0v) is 14.0. The van der Waals surface area contributed by atoms with Crippen LogP contribution < -0.4 is 15.2 Å². The number of methoxy groups -OCH3 is 1. The predicted octanol–water partition coefficient (Wildman–Crippen LogP) is 0.198. The van der Waals surface area contributed by atoms with Crippen molar-refractivity contribution < 1.29 is 17.9 Å². The second-order valence-corrected chi connectivity index (χ2v) is 6.57. The Labute approximate surface area is 136 Å². The van der Waals surface area contributed by atoms with Crippen molar-refractivity contribution in [2.24, 2.45) is 5.14 Å². The summed E-state index contributed by atoms with van der Waals surface area (Å²) in [6.45, 7) is 3.80. The van der Waals surface area contributed by atoms with Crippen LogP contribution in [-0.4, -0.2) is 52.0 Å². The van der Waals surface area contributed by atoms with Gasteiger partial charge in [-0.1, -0.05) is 0 Å². The number of carbonyl (C=O) groups excluding carboxylic acids is 1. The van der Waals surface area contributed by atoms with Crippen molar-refractivity contribution in [3.05, 3.63) is 23.8 Å². The second kappa shape index (κ2) is 7.28. The Kier molecular flexibility index (Phi) is 6.18. The van der Waals surface area contributed by atoms with Crippen molar-refractivity contribution in [2.75, 3.05) is 26.7 Å². The van der Waals surface area contributed by atoms with Crippen LogP contribution in [0.3, 0.4) is 0 Å². The molecule has 1 aromatic rings. The van der Waals surface area contributed by atoms with E-state index in [1.54, 1.807) is 4.90 Å². The first-order valence-corrected chi connectivity index (χ1v) is 8.11. The molecule has 0 saturated carbocycles. The van der Waals surface area contributed by atoms with E-state index in [2.05, 4.69) is 5.32 Å². The molecule has 1 heterocycles. The third kappa shape index (κ3) is 4.10. The van der Waals surface area contributed by atoms with Crippen LogP contribution in [0, 0.1) is 0 Å². The van der Waals surface area contributed by atoms with Crippen molar-refractivity contribution in [1.82, 2.24) is 10.2 Å². The van der Waals surface area contributed by atoms with E-state index >= 15 is 0 Å². The summed E-state index contributed by atoms with van der Waals surface area (Å²) in [5.74, 6) is 0.0734. The van der Waals surface area contributed by atoms with E-state index in [0.717, 1.165) is 0 Å². The average molecular weight is 350 g/mol. The molecular formula is C13H20ClN3O4S. The number of benzene rings is 1. The molecule has 1 unspecified atom stereocenters. The molecular weight excluding hydrogens is 330 g/mol. The highest BCUT2D eigenvalue weighted by Gasteiger charge is 2.25. The summed E-state index contributed by atoms with van der Waals surface area (Å²) in [6.07, 6.45) is 0. The molecule has 2 rings (SSSR count). The molecule has 0 spiro atoms. The number of rotatable bonds is 3. The molecule has 1 aliphatic heterocycles. The van der Waals surface area contributed by atoms with Crippen molar-refractivity contribution in [2.45, 2.75) is 17.9 Å². The fraction of sp³-hybridized carbons (Fsp3) is 0.462. The van der Waals surface area contributed by atoms with E-state index < -0.39 is 10.0 Å². The van der Waals surface area contributed by atoms with Gasteiger partial charge in [0.15, 0.2) is 0 Å². The molecule has 1 saturated heterocycles. The van der Waals surface area contributed by atoms with Crippen molar-refractivity contribution in [3.63, 3.8) is 0 Å². The fourth-order valence-electron chi connectivity index (χ4n) is 2.32. The number of nitrogens with one attached hydrogen (secondary N) is 1. The van der Waals surface area contributed by atoms with Crippen LogP contribution in [0.15, 0.2) is 23.1 Å². The molecule has 1 amide bonds. The van der Waals surface area contributed by atoms with E-state index in [9.17, 15) is 13.2 Å². The lowest BCUT2D eigenvalue weighted by Gasteiger charge is -2.32. The van der Waals surface area contributed by atoms with Crippen molar-refractivity contribution in [1.29, 1.82) is 0 Å². The minimum absolute atomic E-state index is 0. The summed E-state index contributed by atoms with van der Waals surface area (Å²) in [5, 5.41) is 8.36. The first kappa shape index (κ1) is 18.7. The van der Waals surface area contributed by atoms with Crippen LogP contribution in [0.4, 0.5) is 0 Å².